The van der Waals surface area contributed by atoms with Crippen LogP contribution < -0.4 is 5.73 Å². The van der Waals surface area contributed by atoms with E-state index in [1.807, 2.05) is 4.90 Å². The molecule has 0 spiro atoms. The number of methoxy groups -OCH3 is 1. The van der Waals surface area contributed by atoms with Gasteiger partial charge in [-0.15, -0.1) is 0 Å². The van der Waals surface area contributed by atoms with Crippen LogP contribution in [0.2, 0.25) is 0 Å². The monoisotopic (exact) mass is 243 g/mol. The lowest BCUT2D eigenvalue weighted by atomic mass is 10.0. The second-order valence-corrected chi connectivity index (χ2v) is 5.54. The van der Waals surface area contributed by atoms with E-state index < -0.39 is 6.04 Å². The van der Waals surface area contributed by atoms with E-state index in [0.29, 0.717) is 0 Å². The zero-order valence-corrected chi connectivity index (χ0v) is 11.4. The van der Waals surface area contributed by atoms with Crippen molar-refractivity contribution in [1.29, 1.82) is 0 Å². The molecule has 0 aromatic carbocycles. The van der Waals surface area contributed by atoms with Crippen LogP contribution in [0.4, 0.5) is 0 Å². The van der Waals surface area contributed by atoms with E-state index in [0.717, 1.165) is 26.2 Å². The minimum Gasteiger partial charge on any atom is -0.383 e. The highest BCUT2D eigenvalue weighted by Gasteiger charge is 2.29. The second-order valence-electron chi connectivity index (χ2n) is 5.54. The molecule has 0 bridgehead atoms. The summed E-state index contributed by atoms with van der Waals surface area (Å²) in [6.07, 6.45) is 0. The Balaban J connectivity index is 2.44. The summed E-state index contributed by atoms with van der Waals surface area (Å²) in [6.45, 7) is 10.2. The maximum Gasteiger partial charge on any atom is 0.241 e. The number of carbonyl (C=O) groups is 1. The van der Waals surface area contributed by atoms with Crippen LogP contribution in [0, 0.1) is 0 Å². The normalized spacial score (nSPS) is 20.4. The first-order valence-corrected chi connectivity index (χ1v) is 6.14. The first kappa shape index (κ1) is 14.4. The topological polar surface area (TPSA) is 58.8 Å². The molecule has 0 aliphatic carbocycles. The molecule has 0 aromatic rings. The molecule has 1 fully saturated rings. The third kappa shape index (κ3) is 3.94. The van der Waals surface area contributed by atoms with Crippen molar-refractivity contribution in [3.05, 3.63) is 0 Å². The van der Waals surface area contributed by atoms with Crippen molar-refractivity contribution in [3.63, 3.8) is 0 Å². The quantitative estimate of drug-likeness (QED) is 0.752. The fourth-order valence-electron chi connectivity index (χ4n) is 2.08. The summed E-state index contributed by atoms with van der Waals surface area (Å²) in [5.41, 5.74) is 5.92. The van der Waals surface area contributed by atoms with Gasteiger partial charge in [-0.25, -0.2) is 0 Å². The van der Waals surface area contributed by atoms with Crippen molar-refractivity contribution < 1.29 is 9.53 Å². The molecule has 5 heteroatoms. The molecule has 1 aliphatic rings. The first-order valence-electron chi connectivity index (χ1n) is 6.14. The Kier molecular flexibility index (Phi) is 4.91. The van der Waals surface area contributed by atoms with Crippen LogP contribution in [-0.2, 0) is 9.53 Å². The largest absolute Gasteiger partial charge is 0.383 e. The van der Waals surface area contributed by atoms with Gasteiger partial charge in [0.1, 0.15) is 6.04 Å². The van der Waals surface area contributed by atoms with E-state index >= 15 is 0 Å². The van der Waals surface area contributed by atoms with E-state index in [1.54, 1.807) is 7.11 Å². The molecule has 1 unspecified atom stereocenters. The van der Waals surface area contributed by atoms with E-state index in [4.69, 9.17) is 10.5 Å². The zero-order chi connectivity index (χ0) is 13.1. The Morgan fingerprint density at radius 1 is 1.29 bits per heavy atom. The van der Waals surface area contributed by atoms with Gasteiger partial charge in [0.15, 0.2) is 0 Å². The van der Waals surface area contributed by atoms with Gasteiger partial charge in [0.2, 0.25) is 5.91 Å². The number of piperazine rings is 1. The highest BCUT2D eigenvalue weighted by Crippen LogP contribution is 2.15. The number of amides is 1. The summed E-state index contributed by atoms with van der Waals surface area (Å²) >= 11 is 0. The van der Waals surface area contributed by atoms with E-state index in [1.165, 1.54) is 0 Å². The van der Waals surface area contributed by atoms with Crippen LogP contribution in [0.5, 0.6) is 0 Å². The molecule has 100 valence electrons. The second kappa shape index (κ2) is 5.80. The number of rotatable bonds is 3. The van der Waals surface area contributed by atoms with Gasteiger partial charge < -0.3 is 15.4 Å². The van der Waals surface area contributed by atoms with Crippen LogP contribution in [0.3, 0.4) is 0 Å². The van der Waals surface area contributed by atoms with Gasteiger partial charge in [-0.1, -0.05) is 0 Å². The van der Waals surface area contributed by atoms with Gasteiger partial charge in [-0.2, -0.15) is 0 Å². The summed E-state index contributed by atoms with van der Waals surface area (Å²) in [7, 11) is 1.56. The standard InChI is InChI=1S/C12H25N3O2/c1-12(2,3)15-7-5-14(6-8-15)11(16)10(13)9-17-4/h10H,5-9,13H2,1-4H3. The van der Waals surface area contributed by atoms with Crippen molar-refractivity contribution in [3.8, 4) is 0 Å². The third-order valence-electron chi connectivity index (χ3n) is 3.20. The fraction of sp³-hybridized carbons (Fsp3) is 0.917. The van der Waals surface area contributed by atoms with Gasteiger partial charge in [-0.05, 0) is 20.8 Å². The van der Waals surface area contributed by atoms with Crippen LogP contribution in [0.25, 0.3) is 0 Å². The molecule has 0 aromatic heterocycles. The smallest absolute Gasteiger partial charge is 0.241 e. The van der Waals surface area contributed by atoms with Gasteiger partial charge >= 0.3 is 0 Å². The molecule has 1 aliphatic heterocycles. The predicted octanol–water partition coefficient (Wildman–Crippen LogP) is -0.0972. The van der Waals surface area contributed by atoms with Crippen LogP contribution in [0.1, 0.15) is 20.8 Å². The lowest BCUT2D eigenvalue weighted by molar-refractivity contribution is -0.136. The molecule has 1 atom stereocenters. The molecule has 1 amide bonds. The van der Waals surface area contributed by atoms with Gasteiger partial charge in [0.05, 0.1) is 6.61 Å². The van der Waals surface area contributed by atoms with Crippen molar-refractivity contribution in [2.75, 3.05) is 39.9 Å². The van der Waals surface area contributed by atoms with Crippen LogP contribution in [-0.4, -0.2) is 67.2 Å². The lowest BCUT2D eigenvalue weighted by Gasteiger charge is -2.42. The summed E-state index contributed by atoms with van der Waals surface area (Å²) in [6, 6.07) is -0.527. The number of hydrogen-bond donors (Lipinski definition) is 1. The maximum absolute atomic E-state index is 11.9. The van der Waals surface area contributed by atoms with Crippen molar-refractivity contribution >= 4 is 5.91 Å². The number of carbonyl (C=O) groups excluding carboxylic acids is 1. The molecule has 2 N–H and O–H groups in total. The molecule has 17 heavy (non-hydrogen) atoms. The molecular formula is C12H25N3O2. The van der Waals surface area contributed by atoms with E-state index in [2.05, 4.69) is 25.7 Å². The molecule has 1 saturated heterocycles. The minimum absolute atomic E-state index is 0.000379. The predicted molar refractivity (Wildman–Crippen MR) is 67.8 cm³/mol. The van der Waals surface area contributed by atoms with Gasteiger partial charge in [0.25, 0.3) is 0 Å². The summed E-state index contributed by atoms with van der Waals surface area (Å²) in [5, 5.41) is 0. The molecule has 1 rings (SSSR count). The minimum atomic E-state index is -0.527. The molecule has 1 heterocycles. The summed E-state index contributed by atoms with van der Waals surface area (Å²) < 4.78 is 4.91. The van der Waals surface area contributed by atoms with Crippen LogP contribution >= 0.6 is 0 Å². The van der Waals surface area contributed by atoms with Crippen molar-refractivity contribution in [2.24, 2.45) is 5.73 Å². The first-order chi connectivity index (χ1) is 7.86. The van der Waals surface area contributed by atoms with Crippen molar-refractivity contribution in [2.45, 2.75) is 32.4 Å². The summed E-state index contributed by atoms with van der Waals surface area (Å²) in [4.78, 5) is 16.2. The van der Waals surface area contributed by atoms with Gasteiger partial charge in [-0.3, -0.25) is 9.69 Å². The number of nitrogens with zero attached hydrogens (tertiary/aromatic N) is 2. The average molecular weight is 243 g/mol. The maximum atomic E-state index is 11.9. The van der Waals surface area contributed by atoms with Gasteiger partial charge in [0, 0.05) is 38.8 Å². The Morgan fingerprint density at radius 3 is 2.24 bits per heavy atom. The van der Waals surface area contributed by atoms with E-state index in [-0.39, 0.29) is 18.1 Å². The highest BCUT2D eigenvalue weighted by molar-refractivity contribution is 5.81. The SMILES string of the molecule is COCC(N)C(=O)N1CCN(C(C)(C)C)CC1. The van der Waals surface area contributed by atoms with Crippen LogP contribution in [0.15, 0.2) is 0 Å². The molecule has 0 saturated carbocycles. The van der Waals surface area contributed by atoms with Crippen molar-refractivity contribution in [1.82, 2.24) is 9.80 Å². The Hall–Kier alpha value is -0.650. The number of hydrogen-bond acceptors (Lipinski definition) is 4. The molecule has 0 radical (unpaired) electrons. The number of ether oxygens (including phenoxy) is 1. The van der Waals surface area contributed by atoms with E-state index in [9.17, 15) is 4.79 Å². The summed E-state index contributed by atoms with van der Waals surface area (Å²) in [5.74, 6) is 0.000379. The Morgan fingerprint density at radius 2 is 1.82 bits per heavy atom. The highest BCUT2D eigenvalue weighted by atomic mass is 16.5. The Labute approximate surface area is 104 Å². The fourth-order valence-corrected chi connectivity index (χ4v) is 2.08. The lowest BCUT2D eigenvalue weighted by Crippen LogP contribution is -2.57. The molecule has 5 nitrogen and oxygen atoms in total. The molecular weight excluding hydrogens is 218 g/mol. The number of nitrogens with two attached hydrogens (primary N) is 1. The zero-order valence-electron chi connectivity index (χ0n) is 11.4. The average Bonchev–Trinajstić information content (AvgIpc) is 2.27. The Bertz CT molecular complexity index is 255. The third-order valence-corrected chi connectivity index (χ3v) is 3.20.